The summed E-state index contributed by atoms with van der Waals surface area (Å²) in [6.07, 6.45) is -2.24. The van der Waals surface area contributed by atoms with Gasteiger partial charge in [-0.25, -0.2) is 4.98 Å². The van der Waals surface area contributed by atoms with Crippen molar-refractivity contribution in [2.75, 3.05) is 0 Å². The minimum absolute atomic E-state index is 0.0278. The van der Waals surface area contributed by atoms with Crippen LogP contribution in [0.5, 0.6) is 11.5 Å². The number of halogens is 3. The van der Waals surface area contributed by atoms with Gasteiger partial charge >= 0.3 is 6.36 Å². The minimum Gasteiger partial charge on any atom is -0.483 e. The Morgan fingerprint density at radius 1 is 1.21 bits per heavy atom. The second-order valence-corrected chi connectivity index (χ2v) is 5.58. The summed E-state index contributed by atoms with van der Waals surface area (Å²) in [5.41, 5.74) is 2.04. The normalized spacial score (nSPS) is 12.1. The number of alkyl halides is 3. The number of nitrogens with zero attached hydrogens (tertiary/aromatic N) is 1. The lowest BCUT2D eigenvalue weighted by molar-refractivity contribution is -0.275. The summed E-state index contributed by atoms with van der Waals surface area (Å²) in [4.78, 5) is 7.03. The second-order valence-electron chi connectivity index (χ2n) is 5.58. The van der Waals surface area contributed by atoms with Crippen molar-refractivity contribution < 1.29 is 27.1 Å². The maximum Gasteiger partial charge on any atom is 0.573 e. The minimum atomic E-state index is -4.81. The summed E-state index contributed by atoms with van der Waals surface area (Å²) >= 11 is 0. The molecule has 2 aromatic heterocycles. The topological polar surface area (TPSA) is 60.3 Å². The van der Waals surface area contributed by atoms with Crippen LogP contribution in [0.25, 0.3) is 10.9 Å². The summed E-state index contributed by atoms with van der Waals surface area (Å²) in [6.45, 7) is 3.94. The molecule has 0 aliphatic heterocycles. The van der Waals surface area contributed by atoms with E-state index in [9.17, 15) is 13.2 Å². The molecule has 1 N–H and O–H groups in total. The molecule has 2 heterocycles. The summed E-state index contributed by atoms with van der Waals surface area (Å²) < 4.78 is 52.3. The van der Waals surface area contributed by atoms with Gasteiger partial charge in [0.25, 0.3) is 0 Å². The van der Waals surface area contributed by atoms with Crippen molar-refractivity contribution in [2.45, 2.75) is 32.7 Å². The van der Waals surface area contributed by atoms with Gasteiger partial charge in [0, 0.05) is 22.7 Å². The molecule has 0 aliphatic carbocycles. The number of oxazole rings is 1. The predicted octanol–water partition coefficient (Wildman–Crippen LogP) is 4.76. The van der Waals surface area contributed by atoms with E-state index in [1.807, 2.05) is 13.8 Å². The zero-order valence-electron chi connectivity index (χ0n) is 13.0. The molecule has 5 nitrogen and oxygen atoms in total. The number of hydrogen-bond acceptors (Lipinski definition) is 4. The molecule has 0 aliphatic rings. The van der Waals surface area contributed by atoms with E-state index in [1.165, 1.54) is 24.8 Å². The van der Waals surface area contributed by atoms with Crippen molar-refractivity contribution in [3.8, 4) is 11.5 Å². The number of benzene rings is 1. The summed E-state index contributed by atoms with van der Waals surface area (Å²) in [6, 6.07) is 4.59. The Kier molecular flexibility index (Phi) is 4.13. The lowest BCUT2D eigenvalue weighted by Crippen LogP contribution is -2.17. The van der Waals surface area contributed by atoms with Crippen molar-refractivity contribution in [3.05, 3.63) is 42.2 Å². The van der Waals surface area contributed by atoms with Gasteiger partial charge in [0.05, 0.1) is 0 Å². The van der Waals surface area contributed by atoms with Crippen LogP contribution in [0.15, 0.2) is 35.3 Å². The first-order valence-electron chi connectivity index (χ1n) is 7.24. The highest BCUT2D eigenvalue weighted by Gasteiger charge is 2.33. The van der Waals surface area contributed by atoms with E-state index < -0.39 is 12.1 Å². The molecule has 0 spiro atoms. The van der Waals surface area contributed by atoms with Crippen LogP contribution in [0.4, 0.5) is 13.2 Å². The van der Waals surface area contributed by atoms with Crippen molar-refractivity contribution in [2.24, 2.45) is 0 Å². The average molecular weight is 340 g/mol. The molecule has 0 atom stereocenters. The summed E-state index contributed by atoms with van der Waals surface area (Å²) in [7, 11) is 0. The molecule has 0 fully saturated rings. The van der Waals surface area contributed by atoms with Gasteiger partial charge in [-0.1, -0.05) is 13.8 Å². The van der Waals surface area contributed by atoms with Gasteiger partial charge in [-0.05, 0) is 18.1 Å². The number of nitrogens with one attached hydrogen (secondary N) is 1. The zero-order valence-corrected chi connectivity index (χ0v) is 13.0. The Morgan fingerprint density at radius 3 is 2.62 bits per heavy atom. The van der Waals surface area contributed by atoms with Crippen LogP contribution in [0.3, 0.4) is 0 Å². The molecular formula is C16H15F3N2O3. The fraction of sp³-hybridized carbons (Fsp3) is 0.312. The van der Waals surface area contributed by atoms with Crippen LogP contribution >= 0.6 is 0 Å². The number of H-pyrrole nitrogens is 1. The van der Waals surface area contributed by atoms with Gasteiger partial charge < -0.3 is 18.9 Å². The molecule has 24 heavy (non-hydrogen) atoms. The SMILES string of the molecule is CC(C)c1cc2cc(OC(F)(F)F)c(OCc3cocn3)cc2[nH]1. The van der Waals surface area contributed by atoms with Crippen molar-refractivity contribution in [1.82, 2.24) is 9.97 Å². The lowest BCUT2D eigenvalue weighted by atomic mass is 10.1. The highest BCUT2D eigenvalue weighted by Crippen LogP contribution is 2.37. The van der Waals surface area contributed by atoms with Crippen LogP contribution in [0.2, 0.25) is 0 Å². The number of hydrogen-bond donors (Lipinski definition) is 1. The van der Waals surface area contributed by atoms with E-state index >= 15 is 0 Å². The van der Waals surface area contributed by atoms with E-state index in [0.29, 0.717) is 16.6 Å². The fourth-order valence-corrected chi connectivity index (χ4v) is 2.25. The molecule has 0 saturated carbocycles. The second kappa shape index (κ2) is 6.10. The van der Waals surface area contributed by atoms with Crippen LogP contribution in [-0.4, -0.2) is 16.3 Å². The zero-order chi connectivity index (χ0) is 17.3. The average Bonchev–Trinajstić information content (AvgIpc) is 3.11. The van der Waals surface area contributed by atoms with E-state index in [4.69, 9.17) is 9.15 Å². The molecule has 0 amide bonds. The van der Waals surface area contributed by atoms with Crippen molar-refractivity contribution in [1.29, 1.82) is 0 Å². The summed E-state index contributed by atoms with van der Waals surface area (Å²) in [5.74, 6) is -0.211. The monoisotopic (exact) mass is 340 g/mol. The standard InChI is InChI=1S/C16H15F3N2O3/c1-9(2)12-3-10-4-15(24-16(17,18)19)14(5-13(10)21-12)23-7-11-6-22-8-20-11/h3-6,8-9,21H,7H2,1-2H3. The largest absolute Gasteiger partial charge is 0.573 e. The number of rotatable bonds is 5. The third-order valence-electron chi connectivity index (χ3n) is 3.41. The Labute approximate surface area is 135 Å². The van der Waals surface area contributed by atoms with E-state index in [1.54, 1.807) is 6.07 Å². The molecular weight excluding hydrogens is 325 g/mol. The predicted molar refractivity (Wildman–Crippen MR) is 79.9 cm³/mol. The quantitative estimate of drug-likeness (QED) is 0.728. The highest BCUT2D eigenvalue weighted by molar-refractivity contribution is 5.84. The summed E-state index contributed by atoms with van der Waals surface area (Å²) in [5, 5.41) is 0.617. The number of aromatic amines is 1. The van der Waals surface area contributed by atoms with Gasteiger partial charge in [-0.3, -0.25) is 0 Å². The first kappa shape index (κ1) is 16.2. The molecule has 0 bridgehead atoms. The molecule has 0 unspecified atom stereocenters. The van der Waals surface area contributed by atoms with Crippen LogP contribution in [0.1, 0.15) is 31.2 Å². The lowest BCUT2D eigenvalue weighted by Gasteiger charge is -2.14. The molecule has 0 saturated heterocycles. The third kappa shape index (κ3) is 3.64. The molecule has 8 heteroatoms. The Hall–Kier alpha value is -2.64. The first-order chi connectivity index (χ1) is 11.3. The van der Waals surface area contributed by atoms with Gasteiger partial charge in [-0.2, -0.15) is 0 Å². The van der Waals surface area contributed by atoms with Crippen molar-refractivity contribution >= 4 is 10.9 Å². The van der Waals surface area contributed by atoms with Gasteiger partial charge in [0.1, 0.15) is 18.6 Å². The smallest absolute Gasteiger partial charge is 0.483 e. The van der Waals surface area contributed by atoms with Crippen molar-refractivity contribution in [3.63, 3.8) is 0 Å². The van der Waals surface area contributed by atoms with E-state index in [-0.39, 0.29) is 18.3 Å². The molecule has 3 rings (SSSR count). The van der Waals surface area contributed by atoms with E-state index in [2.05, 4.69) is 14.7 Å². The first-order valence-corrected chi connectivity index (χ1v) is 7.24. The van der Waals surface area contributed by atoms with Gasteiger partial charge in [0.2, 0.25) is 0 Å². The maximum atomic E-state index is 12.7. The van der Waals surface area contributed by atoms with Gasteiger partial charge in [-0.15, -0.1) is 13.2 Å². The van der Waals surface area contributed by atoms with Crippen LogP contribution in [0, 0.1) is 0 Å². The number of fused-ring (bicyclic) bond motifs is 1. The number of ether oxygens (including phenoxy) is 2. The molecule has 128 valence electrons. The Balaban J connectivity index is 1.97. The fourth-order valence-electron chi connectivity index (χ4n) is 2.25. The van der Waals surface area contributed by atoms with Crippen LogP contribution < -0.4 is 9.47 Å². The van der Waals surface area contributed by atoms with Gasteiger partial charge in [0.15, 0.2) is 17.9 Å². The number of aromatic nitrogens is 2. The third-order valence-corrected chi connectivity index (χ3v) is 3.41. The molecule has 0 radical (unpaired) electrons. The Morgan fingerprint density at radius 2 is 2.00 bits per heavy atom. The Bertz CT molecular complexity index is 823. The van der Waals surface area contributed by atoms with E-state index in [0.717, 1.165) is 5.69 Å². The molecule has 3 aromatic rings. The van der Waals surface area contributed by atoms with Crippen LogP contribution in [-0.2, 0) is 6.61 Å². The molecule has 1 aromatic carbocycles. The maximum absolute atomic E-state index is 12.7. The highest BCUT2D eigenvalue weighted by atomic mass is 19.4.